The van der Waals surface area contributed by atoms with Crippen LogP contribution in [0, 0.1) is 6.92 Å². The molecule has 0 spiro atoms. The highest BCUT2D eigenvalue weighted by Crippen LogP contribution is 2.26. The Morgan fingerprint density at radius 1 is 1.04 bits per heavy atom. The summed E-state index contributed by atoms with van der Waals surface area (Å²) in [6.45, 7) is 5.13. The van der Waals surface area contributed by atoms with E-state index in [2.05, 4.69) is 22.0 Å². The van der Waals surface area contributed by atoms with Gasteiger partial charge in [-0.1, -0.05) is 35.9 Å². The van der Waals surface area contributed by atoms with E-state index in [1.807, 2.05) is 48.2 Å². The lowest BCUT2D eigenvalue weighted by Crippen LogP contribution is -2.49. The molecular formula is C20H20ClN3O. The molecule has 1 aliphatic rings. The highest BCUT2D eigenvalue weighted by molar-refractivity contribution is 6.31. The Labute approximate surface area is 152 Å². The van der Waals surface area contributed by atoms with Crippen LogP contribution >= 0.6 is 11.6 Å². The molecule has 25 heavy (non-hydrogen) atoms. The minimum atomic E-state index is 0.0672. The maximum atomic E-state index is 13.0. The van der Waals surface area contributed by atoms with Gasteiger partial charge in [0.1, 0.15) is 5.69 Å². The van der Waals surface area contributed by atoms with Gasteiger partial charge in [0.2, 0.25) is 0 Å². The van der Waals surface area contributed by atoms with E-state index in [0.717, 1.165) is 42.6 Å². The largest absolute Gasteiger partial charge is 0.368 e. The second kappa shape index (κ2) is 6.45. The van der Waals surface area contributed by atoms with E-state index in [1.165, 1.54) is 5.69 Å². The van der Waals surface area contributed by atoms with Crippen molar-refractivity contribution in [3.63, 3.8) is 0 Å². The maximum absolute atomic E-state index is 13.0. The van der Waals surface area contributed by atoms with Crippen molar-refractivity contribution in [3.05, 3.63) is 64.8 Å². The number of hydrogen-bond acceptors (Lipinski definition) is 2. The average molecular weight is 354 g/mol. The third kappa shape index (κ3) is 2.98. The van der Waals surface area contributed by atoms with Crippen molar-refractivity contribution in [2.24, 2.45) is 0 Å². The number of halogens is 1. The van der Waals surface area contributed by atoms with E-state index >= 15 is 0 Å². The van der Waals surface area contributed by atoms with Crippen LogP contribution < -0.4 is 4.90 Å². The molecule has 1 N–H and O–H groups in total. The number of piperazine rings is 1. The highest BCUT2D eigenvalue weighted by atomic mass is 35.5. The SMILES string of the molecule is Cc1c(C(=O)N2CCN(c3ccccc3)CC2)[nH]c2cc(Cl)ccc12. The Bertz CT molecular complexity index is 911. The van der Waals surface area contributed by atoms with Crippen LogP contribution in [0.3, 0.4) is 0 Å². The number of carbonyl (C=O) groups excluding carboxylic acids is 1. The fourth-order valence-electron chi connectivity index (χ4n) is 3.49. The number of rotatable bonds is 2. The van der Waals surface area contributed by atoms with Crippen LogP contribution in [0.4, 0.5) is 5.69 Å². The second-order valence-electron chi connectivity index (χ2n) is 6.43. The van der Waals surface area contributed by atoms with Crippen molar-refractivity contribution in [2.75, 3.05) is 31.1 Å². The van der Waals surface area contributed by atoms with E-state index < -0.39 is 0 Å². The topological polar surface area (TPSA) is 39.3 Å². The Kier molecular flexibility index (Phi) is 4.14. The van der Waals surface area contributed by atoms with E-state index in [0.29, 0.717) is 10.7 Å². The van der Waals surface area contributed by atoms with E-state index in [9.17, 15) is 4.79 Å². The summed E-state index contributed by atoms with van der Waals surface area (Å²) in [4.78, 5) is 20.5. The number of nitrogens with one attached hydrogen (secondary N) is 1. The fourth-order valence-corrected chi connectivity index (χ4v) is 3.66. The first kappa shape index (κ1) is 16.0. The number of amides is 1. The van der Waals surface area contributed by atoms with Gasteiger partial charge in [-0.25, -0.2) is 0 Å². The Morgan fingerprint density at radius 3 is 2.48 bits per heavy atom. The number of aryl methyl sites for hydroxylation is 1. The van der Waals surface area contributed by atoms with Crippen molar-refractivity contribution in [1.29, 1.82) is 0 Å². The predicted molar refractivity (Wildman–Crippen MR) is 103 cm³/mol. The summed E-state index contributed by atoms with van der Waals surface area (Å²) >= 11 is 6.06. The maximum Gasteiger partial charge on any atom is 0.270 e. The van der Waals surface area contributed by atoms with E-state index in [4.69, 9.17) is 11.6 Å². The molecule has 0 aliphatic carbocycles. The monoisotopic (exact) mass is 353 g/mol. The lowest BCUT2D eigenvalue weighted by atomic mass is 10.1. The van der Waals surface area contributed by atoms with Crippen LogP contribution in [0.5, 0.6) is 0 Å². The van der Waals surface area contributed by atoms with Crippen LogP contribution in [-0.2, 0) is 0 Å². The van der Waals surface area contributed by atoms with Gasteiger partial charge in [0.25, 0.3) is 5.91 Å². The molecule has 1 aromatic heterocycles. The number of aromatic nitrogens is 1. The number of fused-ring (bicyclic) bond motifs is 1. The van der Waals surface area contributed by atoms with Crippen molar-refractivity contribution in [2.45, 2.75) is 6.92 Å². The first-order chi connectivity index (χ1) is 12.1. The molecule has 2 aromatic carbocycles. The fraction of sp³-hybridized carbons (Fsp3) is 0.250. The molecule has 0 bridgehead atoms. The smallest absolute Gasteiger partial charge is 0.270 e. The van der Waals surface area contributed by atoms with E-state index in [-0.39, 0.29) is 5.91 Å². The highest BCUT2D eigenvalue weighted by Gasteiger charge is 2.25. The van der Waals surface area contributed by atoms with Crippen molar-refractivity contribution in [3.8, 4) is 0 Å². The number of aromatic amines is 1. The molecule has 128 valence electrons. The van der Waals surface area contributed by atoms with Gasteiger partial charge in [0.15, 0.2) is 0 Å². The number of para-hydroxylation sites is 1. The molecule has 1 fully saturated rings. The number of H-pyrrole nitrogens is 1. The molecule has 4 nitrogen and oxygen atoms in total. The van der Waals surface area contributed by atoms with Gasteiger partial charge in [0.05, 0.1) is 0 Å². The Hall–Kier alpha value is -2.46. The van der Waals surface area contributed by atoms with Gasteiger partial charge in [-0.05, 0) is 36.8 Å². The number of benzene rings is 2. The third-order valence-electron chi connectivity index (χ3n) is 4.92. The summed E-state index contributed by atoms with van der Waals surface area (Å²) in [5, 5.41) is 1.72. The van der Waals surface area contributed by atoms with Gasteiger partial charge in [-0.3, -0.25) is 4.79 Å². The van der Waals surface area contributed by atoms with Gasteiger partial charge < -0.3 is 14.8 Å². The molecule has 1 aliphatic heterocycles. The summed E-state index contributed by atoms with van der Waals surface area (Å²) in [6.07, 6.45) is 0. The zero-order valence-corrected chi connectivity index (χ0v) is 14.9. The quantitative estimate of drug-likeness (QED) is 0.753. The first-order valence-corrected chi connectivity index (χ1v) is 8.88. The van der Waals surface area contributed by atoms with Gasteiger partial charge in [-0.2, -0.15) is 0 Å². The molecule has 4 rings (SSSR count). The summed E-state index contributed by atoms with van der Waals surface area (Å²) in [6, 6.07) is 16.0. The predicted octanol–water partition coefficient (Wildman–Crippen LogP) is 4.09. The van der Waals surface area contributed by atoms with Crippen LogP contribution in [0.1, 0.15) is 16.1 Å². The lowest BCUT2D eigenvalue weighted by Gasteiger charge is -2.36. The number of nitrogens with zero attached hydrogens (tertiary/aromatic N) is 2. The molecule has 1 saturated heterocycles. The minimum Gasteiger partial charge on any atom is -0.368 e. The number of carbonyl (C=O) groups is 1. The van der Waals surface area contributed by atoms with Crippen molar-refractivity contribution >= 4 is 34.1 Å². The lowest BCUT2D eigenvalue weighted by molar-refractivity contribution is 0.0741. The molecule has 3 aromatic rings. The second-order valence-corrected chi connectivity index (χ2v) is 6.87. The van der Waals surface area contributed by atoms with Gasteiger partial charge in [0, 0.05) is 47.8 Å². The Balaban J connectivity index is 1.52. The summed E-state index contributed by atoms with van der Waals surface area (Å²) in [7, 11) is 0. The molecule has 0 unspecified atom stereocenters. The standard InChI is InChI=1S/C20H20ClN3O/c1-14-17-8-7-15(21)13-18(17)22-19(14)20(25)24-11-9-23(10-12-24)16-5-3-2-4-6-16/h2-8,13,22H,9-12H2,1H3. The molecule has 2 heterocycles. The van der Waals surface area contributed by atoms with Gasteiger partial charge >= 0.3 is 0 Å². The summed E-state index contributed by atoms with van der Waals surface area (Å²) < 4.78 is 0. The Morgan fingerprint density at radius 2 is 1.76 bits per heavy atom. The minimum absolute atomic E-state index is 0.0672. The molecular weight excluding hydrogens is 334 g/mol. The number of hydrogen-bond donors (Lipinski definition) is 1. The van der Waals surface area contributed by atoms with Gasteiger partial charge in [-0.15, -0.1) is 0 Å². The molecule has 0 atom stereocenters. The molecule has 1 amide bonds. The summed E-state index contributed by atoms with van der Waals surface area (Å²) in [5.41, 5.74) is 3.79. The number of anilines is 1. The van der Waals surface area contributed by atoms with Crippen LogP contribution in [0.25, 0.3) is 10.9 Å². The zero-order valence-electron chi connectivity index (χ0n) is 14.1. The molecule has 0 radical (unpaired) electrons. The van der Waals surface area contributed by atoms with Crippen molar-refractivity contribution < 1.29 is 4.79 Å². The van der Waals surface area contributed by atoms with Crippen LogP contribution in [0.2, 0.25) is 5.02 Å². The average Bonchev–Trinajstić information content (AvgIpc) is 2.98. The van der Waals surface area contributed by atoms with Crippen LogP contribution in [0.15, 0.2) is 48.5 Å². The summed E-state index contributed by atoms with van der Waals surface area (Å²) in [5.74, 6) is 0.0672. The normalized spacial score (nSPS) is 15.0. The van der Waals surface area contributed by atoms with Crippen LogP contribution in [-0.4, -0.2) is 42.0 Å². The van der Waals surface area contributed by atoms with E-state index in [1.54, 1.807) is 0 Å². The third-order valence-corrected chi connectivity index (χ3v) is 5.16. The molecule has 0 saturated carbocycles. The first-order valence-electron chi connectivity index (χ1n) is 8.50. The molecule has 5 heteroatoms. The zero-order chi connectivity index (χ0) is 17.4. The van der Waals surface area contributed by atoms with Crippen molar-refractivity contribution in [1.82, 2.24) is 9.88 Å².